The van der Waals surface area contributed by atoms with Gasteiger partial charge in [0, 0.05) is 6.07 Å². The normalized spacial score (nSPS) is 13.4. The van der Waals surface area contributed by atoms with E-state index in [-0.39, 0.29) is 28.6 Å². The second-order valence-electron chi connectivity index (χ2n) is 3.31. The maximum atomic E-state index is 11.4. The van der Waals surface area contributed by atoms with Gasteiger partial charge in [0.15, 0.2) is 11.5 Å². The van der Waals surface area contributed by atoms with E-state index in [1.807, 2.05) is 0 Å². The van der Waals surface area contributed by atoms with Crippen molar-refractivity contribution < 1.29 is 22.8 Å². The van der Waals surface area contributed by atoms with Crippen molar-refractivity contribution >= 4 is 37.3 Å². The number of sulfonamides is 1. The van der Waals surface area contributed by atoms with Crippen molar-refractivity contribution in [3.05, 3.63) is 22.2 Å². The average Bonchev–Trinajstić information content (AvgIpc) is 2.74. The highest BCUT2D eigenvalue weighted by Crippen LogP contribution is 2.40. The molecule has 0 saturated carbocycles. The summed E-state index contributed by atoms with van der Waals surface area (Å²) in [6, 6.07) is 2.34. The van der Waals surface area contributed by atoms with E-state index in [1.54, 1.807) is 0 Å². The lowest BCUT2D eigenvalue weighted by molar-refractivity contribution is -0.383. The fourth-order valence-electron chi connectivity index (χ4n) is 1.36. The summed E-state index contributed by atoms with van der Waals surface area (Å²) in [4.78, 5) is 10.2. The lowest BCUT2D eigenvalue weighted by Gasteiger charge is -2.07. The number of nitrogens with one attached hydrogen (secondary N) is 1. The number of anilines is 1. The summed E-state index contributed by atoms with van der Waals surface area (Å²) in [6.45, 7) is -0.0544. The Kier molecular flexibility index (Phi) is 3.30. The second kappa shape index (κ2) is 4.61. The quantitative estimate of drug-likeness (QED) is 0.505. The molecule has 1 heterocycles. The zero-order valence-electron chi connectivity index (χ0n) is 8.75. The van der Waals surface area contributed by atoms with Gasteiger partial charge in [-0.1, -0.05) is 15.9 Å². The van der Waals surface area contributed by atoms with Crippen LogP contribution in [0.4, 0.5) is 11.4 Å². The van der Waals surface area contributed by atoms with Gasteiger partial charge < -0.3 is 9.47 Å². The van der Waals surface area contributed by atoms with Crippen LogP contribution in [-0.4, -0.2) is 24.8 Å². The van der Waals surface area contributed by atoms with Gasteiger partial charge in [0.1, 0.15) is 10.3 Å². The van der Waals surface area contributed by atoms with Crippen LogP contribution < -0.4 is 14.2 Å². The third kappa shape index (κ3) is 2.48. The fraction of sp³-hybridized carbons (Fsp3) is 0.250. The van der Waals surface area contributed by atoms with Crippen LogP contribution in [0.5, 0.6) is 11.5 Å². The predicted octanol–water partition coefficient (Wildman–Crippen LogP) is 1.42. The van der Waals surface area contributed by atoms with Crippen LogP contribution in [0.3, 0.4) is 0 Å². The van der Waals surface area contributed by atoms with Crippen LogP contribution in [0.15, 0.2) is 12.1 Å². The van der Waals surface area contributed by atoms with Gasteiger partial charge in [0.25, 0.3) is 5.69 Å². The molecule has 0 amide bonds. The molecule has 1 aliphatic heterocycles. The minimum Gasteiger partial charge on any atom is -0.454 e. The van der Waals surface area contributed by atoms with Crippen molar-refractivity contribution in [1.82, 2.24) is 0 Å². The summed E-state index contributed by atoms with van der Waals surface area (Å²) >= 11 is 2.78. The predicted molar refractivity (Wildman–Crippen MR) is 65.6 cm³/mol. The zero-order valence-corrected chi connectivity index (χ0v) is 11.2. The Morgan fingerprint density at radius 1 is 1.39 bits per heavy atom. The van der Waals surface area contributed by atoms with E-state index in [4.69, 9.17) is 9.47 Å². The number of hydrogen-bond donors (Lipinski definition) is 1. The van der Waals surface area contributed by atoms with E-state index in [1.165, 1.54) is 6.07 Å². The molecule has 0 unspecified atom stereocenters. The molecule has 1 aromatic rings. The van der Waals surface area contributed by atoms with Gasteiger partial charge in [0.2, 0.25) is 16.8 Å². The first kappa shape index (κ1) is 12.9. The third-order valence-electron chi connectivity index (χ3n) is 2.10. The number of ether oxygens (including phenoxy) is 2. The second-order valence-corrected chi connectivity index (χ2v) is 6.33. The maximum Gasteiger partial charge on any atom is 0.297 e. The standard InChI is InChI=1S/C8H7BrN2O6S/c9-3-18(14,15)10-5-1-7-8(17-4-16-7)2-6(5)11(12)13/h1-2,10H,3-4H2. The first-order valence-electron chi connectivity index (χ1n) is 4.57. The van der Waals surface area contributed by atoms with Crippen molar-refractivity contribution in [1.29, 1.82) is 0 Å². The molecule has 0 bridgehead atoms. The highest BCUT2D eigenvalue weighted by Gasteiger charge is 2.25. The fourth-order valence-corrected chi connectivity index (χ4v) is 2.26. The van der Waals surface area contributed by atoms with Gasteiger partial charge in [-0.25, -0.2) is 8.42 Å². The van der Waals surface area contributed by atoms with Gasteiger partial charge in [-0.15, -0.1) is 0 Å². The molecule has 10 heteroatoms. The molecule has 0 atom stereocenters. The Labute approximate surface area is 110 Å². The first-order chi connectivity index (χ1) is 8.43. The highest BCUT2D eigenvalue weighted by molar-refractivity contribution is 9.10. The van der Waals surface area contributed by atoms with E-state index >= 15 is 0 Å². The molecule has 0 radical (unpaired) electrons. The molecule has 0 saturated heterocycles. The number of alkyl halides is 1. The molecule has 1 N–H and O–H groups in total. The first-order valence-corrected chi connectivity index (χ1v) is 7.35. The van der Waals surface area contributed by atoms with Crippen molar-refractivity contribution in [2.45, 2.75) is 0 Å². The number of benzene rings is 1. The summed E-state index contributed by atoms with van der Waals surface area (Å²) in [5.41, 5.74) is -0.563. The minimum atomic E-state index is -3.68. The topological polar surface area (TPSA) is 108 Å². The lowest BCUT2D eigenvalue weighted by atomic mass is 10.2. The Morgan fingerprint density at radius 2 is 2.00 bits per heavy atom. The van der Waals surface area contributed by atoms with Crippen molar-refractivity contribution in [2.24, 2.45) is 0 Å². The Hall–Kier alpha value is -1.55. The van der Waals surface area contributed by atoms with Crippen molar-refractivity contribution in [3.8, 4) is 11.5 Å². The Balaban J connectivity index is 2.48. The minimum absolute atomic E-state index is 0.0544. The van der Waals surface area contributed by atoms with Crippen LogP contribution in [0, 0.1) is 10.1 Å². The molecule has 2 rings (SSSR count). The zero-order chi connectivity index (χ0) is 13.3. The van der Waals surface area contributed by atoms with E-state index < -0.39 is 20.6 Å². The summed E-state index contributed by atoms with van der Waals surface area (Å²) in [5.74, 6) is 0.469. The van der Waals surface area contributed by atoms with E-state index in [2.05, 4.69) is 20.7 Å². The Morgan fingerprint density at radius 3 is 2.56 bits per heavy atom. The maximum absolute atomic E-state index is 11.4. The van der Waals surface area contributed by atoms with Crippen LogP contribution in [0.25, 0.3) is 0 Å². The Bertz CT molecular complexity index is 602. The molecule has 18 heavy (non-hydrogen) atoms. The highest BCUT2D eigenvalue weighted by atomic mass is 79.9. The molecular formula is C8H7BrN2O6S. The smallest absolute Gasteiger partial charge is 0.297 e. The van der Waals surface area contributed by atoms with Crippen LogP contribution in [0.2, 0.25) is 0 Å². The molecule has 0 aliphatic carbocycles. The molecular weight excluding hydrogens is 332 g/mol. The number of halogens is 1. The monoisotopic (exact) mass is 338 g/mol. The summed E-state index contributed by atoms with van der Waals surface area (Å²) in [7, 11) is -3.68. The molecule has 1 aromatic carbocycles. The van der Waals surface area contributed by atoms with Crippen LogP contribution >= 0.6 is 15.9 Å². The number of fused-ring (bicyclic) bond motifs is 1. The molecule has 0 aromatic heterocycles. The summed E-state index contributed by atoms with van der Waals surface area (Å²) < 4.78 is 34.5. The van der Waals surface area contributed by atoms with Gasteiger partial charge in [0.05, 0.1) is 11.0 Å². The lowest BCUT2D eigenvalue weighted by Crippen LogP contribution is -2.14. The van der Waals surface area contributed by atoms with Gasteiger partial charge in [-0.05, 0) is 0 Å². The number of nitrogens with zero attached hydrogens (tertiary/aromatic N) is 1. The van der Waals surface area contributed by atoms with Crippen LogP contribution in [0.1, 0.15) is 0 Å². The van der Waals surface area contributed by atoms with Crippen molar-refractivity contribution in [3.63, 3.8) is 0 Å². The van der Waals surface area contributed by atoms with E-state index in [0.717, 1.165) is 6.07 Å². The van der Waals surface area contributed by atoms with E-state index in [9.17, 15) is 18.5 Å². The van der Waals surface area contributed by atoms with Crippen molar-refractivity contribution in [2.75, 3.05) is 16.2 Å². The summed E-state index contributed by atoms with van der Waals surface area (Å²) in [6.07, 6.45) is 0. The SMILES string of the molecule is O=[N+]([O-])c1cc2c(cc1NS(=O)(=O)CBr)OCO2. The average molecular weight is 339 g/mol. The number of nitro groups is 1. The molecule has 1 aliphatic rings. The number of rotatable bonds is 4. The van der Waals surface area contributed by atoms with Gasteiger partial charge in [-0.2, -0.15) is 0 Å². The van der Waals surface area contributed by atoms with Gasteiger partial charge in [-0.3, -0.25) is 14.8 Å². The molecule has 0 fully saturated rings. The largest absolute Gasteiger partial charge is 0.454 e. The third-order valence-corrected chi connectivity index (χ3v) is 4.72. The summed E-state index contributed by atoms with van der Waals surface area (Å²) in [5, 5.41) is 10.9. The van der Waals surface area contributed by atoms with Gasteiger partial charge >= 0.3 is 0 Å². The molecule has 8 nitrogen and oxygen atoms in total. The molecule has 0 spiro atoms. The number of nitro benzene ring substituents is 1. The molecule has 98 valence electrons. The number of hydrogen-bond acceptors (Lipinski definition) is 6. The van der Waals surface area contributed by atoms with E-state index in [0.29, 0.717) is 0 Å². The van der Waals surface area contributed by atoms with Crippen LogP contribution in [-0.2, 0) is 10.0 Å².